The predicted molar refractivity (Wildman–Crippen MR) is 172 cm³/mol. The van der Waals surface area contributed by atoms with E-state index in [0.717, 1.165) is 17.7 Å². The lowest BCUT2D eigenvalue weighted by atomic mass is 9.87. The van der Waals surface area contributed by atoms with E-state index in [-0.39, 0.29) is 40.4 Å². The fourth-order valence-corrected chi connectivity index (χ4v) is 6.34. The highest BCUT2D eigenvalue weighted by Gasteiger charge is 2.59. The zero-order valence-corrected chi connectivity index (χ0v) is 27.0. The Morgan fingerprint density at radius 3 is 2.35 bits per heavy atom. The first-order chi connectivity index (χ1) is 22.0. The Labute approximate surface area is 281 Å². The number of cyclic esters (lactones) is 1. The van der Waals surface area contributed by atoms with Crippen molar-refractivity contribution in [1.29, 1.82) is 0 Å². The maximum atomic E-state index is 14.1. The van der Waals surface area contributed by atoms with Crippen molar-refractivity contribution in [2.75, 3.05) is 6.61 Å². The summed E-state index contributed by atoms with van der Waals surface area (Å²) in [6.45, 7) is -0.251. The van der Waals surface area contributed by atoms with Crippen molar-refractivity contribution >= 4 is 62.0 Å². The van der Waals surface area contributed by atoms with E-state index in [1.807, 2.05) is 24.3 Å². The van der Waals surface area contributed by atoms with Crippen molar-refractivity contribution in [1.82, 2.24) is 15.1 Å². The first kappa shape index (κ1) is 33.5. The number of β-lactam (4-membered cyclic amide) rings is 1. The topological polar surface area (TPSA) is 96.0 Å². The number of carbonyl (C=O) groups is 4. The van der Waals surface area contributed by atoms with Crippen LogP contribution in [-0.2, 0) is 31.8 Å². The molecule has 2 aliphatic heterocycles. The van der Waals surface area contributed by atoms with Gasteiger partial charge in [0.05, 0.1) is 17.6 Å². The fraction of sp³-hybridized carbons (Fsp3) is 0.273. The molecular weight excluding hydrogens is 738 g/mol. The third-order valence-electron chi connectivity index (χ3n) is 7.86. The lowest BCUT2D eigenvalue weighted by molar-refractivity contribution is -0.163. The Hall–Kier alpha value is -3.91. The van der Waals surface area contributed by atoms with Crippen molar-refractivity contribution < 1.29 is 37.1 Å². The largest absolute Gasteiger partial charge is 0.447 e. The van der Waals surface area contributed by atoms with Gasteiger partial charge in [-0.25, -0.2) is 4.79 Å². The number of carbonyl (C=O) groups excluding carboxylic acids is 4. The number of rotatable bonds is 11. The standard InChI is InChI=1S/C33H28ClF3IN3O5/c34-24(17-20-8-3-1-4-9-20)28-29(41-26(19-46-32(41)45)22-11-5-2-6-12-22)31(44)40(28)25(14-15-27(38)42)30(43)39-18-21-10-7-13-23(16-21)33(35,36)37/h1-13,16-17,25-26,28-29H,14-15,18-19H2,(H,39,43)/b24-17-/t25-,26+,28+,29-/m0/s1. The Balaban J connectivity index is 1.48. The summed E-state index contributed by atoms with van der Waals surface area (Å²) in [7, 11) is 0. The monoisotopic (exact) mass is 765 g/mol. The first-order valence-electron chi connectivity index (χ1n) is 14.3. The summed E-state index contributed by atoms with van der Waals surface area (Å²) in [6.07, 6.45) is -3.78. The van der Waals surface area contributed by atoms with Crippen molar-refractivity contribution in [3.8, 4) is 0 Å². The summed E-state index contributed by atoms with van der Waals surface area (Å²) < 4.78 is 44.9. The number of nitrogens with zero attached hydrogens (tertiary/aromatic N) is 2. The molecule has 0 aromatic heterocycles. The Morgan fingerprint density at radius 2 is 1.70 bits per heavy atom. The number of halogens is 5. The third kappa shape index (κ3) is 7.38. The van der Waals surface area contributed by atoms with Gasteiger partial charge in [0.2, 0.25) is 11.8 Å². The van der Waals surface area contributed by atoms with Crippen LogP contribution in [0.4, 0.5) is 18.0 Å². The third-order valence-corrected chi connectivity index (χ3v) is 8.73. The van der Waals surface area contributed by atoms with Crippen molar-refractivity contribution in [2.45, 2.75) is 49.7 Å². The molecule has 2 aliphatic rings. The molecule has 4 atom stereocenters. The zero-order chi connectivity index (χ0) is 33.0. The molecule has 8 nitrogen and oxygen atoms in total. The Morgan fingerprint density at radius 1 is 1.02 bits per heavy atom. The first-order valence-corrected chi connectivity index (χ1v) is 15.8. The number of likely N-dealkylation sites (tertiary alicyclic amines) is 1. The van der Waals surface area contributed by atoms with E-state index in [2.05, 4.69) is 5.32 Å². The van der Waals surface area contributed by atoms with Crippen LogP contribution in [0.5, 0.6) is 0 Å². The molecule has 1 N–H and O–H groups in total. The van der Waals surface area contributed by atoms with Crippen molar-refractivity contribution in [3.63, 3.8) is 0 Å². The van der Waals surface area contributed by atoms with E-state index in [0.29, 0.717) is 5.56 Å². The lowest BCUT2D eigenvalue weighted by Crippen LogP contribution is -2.75. The van der Waals surface area contributed by atoms with Gasteiger partial charge in [0.1, 0.15) is 18.7 Å². The number of hydrogen-bond acceptors (Lipinski definition) is 5. The van der Waals surface area contributed by atoms with E-state index in [4.69, 9.17) is 16.3 Å². The molecule has 0 saturated carbocycles. The molecule has 0 unspecified atom stereocenters. The second-order valence-corrected chi connectivity index (χ2v) is 12.5. The molecule has 3 aromatic rings. The van der Waals surface area contributed by atoms with Crippen molar-refractivity contribution in [2.24, 2.45) is 0 Å². The second-order valence-electron chi connectivity index (χ2n) is 10.8. The van der Waals surface area contributed by atoms with Crippen LogP contribution in [-0.4, -0.2) is 56.2 Å². The van der Waals surface area contributed by atoms with E-state index in [1.165, 1.54) is 21.9 Å². The van der Waals surface area contributed by atoms with Crippen LogP contribution in [0, 0.1) is 0 Å². The van der Waals surface area contributed by atoms with Crippen LogP contribution in [0.15, 0.2) is 90.0 Å². The van der Waals surface area contributed by atoms with Gasteiger partial charge in [-0.3, -0.25) is 19.3 Å². The van der Waals surface area contributed by atoms with Gasteiger partial charge in [0.25, 0.3) is 0 Å². The summed E-state index contributed by atoms with van der Waals surface area (Å²) in [5.41, 5.74) is 0.786. The van der Waals surface area contributed by atoms with E-state index in [1.54, 1.807) is 65.1 Å². The van der Waals surface area contributed by atoms with E-state index < -0.39 is 53.8 Å². The van der Waals surface area contributed by atoms with Gasteiger partial charge in [-0.05, 0) is 63.9 Å². The minimum absolute atomic E-state index is 0.00358. The predicted octanol–water partition coefficient (Wildman–Crippen LogP) is 6.48. The number of alkyl halides is 3. The van der Waals surface area contributed by atoms with Crippen LogP contribution < -0.4 is 5.32 Å². The van der Waals surface area contributed by atoms with Gasteiger partial charge in [0.15, 0.2) is 3.79 Å². The number of benzene rings is 3. The van der Waals surface area contributed by atoms with Gasteiger partial charge in [0, 0.05) is 18.0 Å². The van der Waals surface area contributed by atoms with Crippen molar-refractivity contribution in [3.05, 3.63) is 112 Å². The smallest absolute Gasteiger partial charge is 0.416 e. The quantitative estimate of drug-likeness (QED) is 0.137. The molecule has 0 aliphatic carbocycles. The normalized spacial score (nSPS) is 20.6. The highest BCUT2D eigenvalue weighted by molar-refractivity contribution is 14.1. The molecule has 46 heavy (non-hydrogen) atoms. The molecule has 3 aromatic carbocycles. The Bertz CT molecular complexity index is 1640. The summed E-state index contributed by atoms with van der Waals surface area (Å²) >= 11 is 8.51. The van der Waals surface area contributed by atoms with Crippen LogP contribution in [0.2, 0.25) is 0 Å². The Kier molecular flexibility index (Phi) is 10.4. The fourth-order valence-electron chi connectivity index (χ4n) is 5.67. The molecule has 0 spiro atoms. The van der Waals surface area contributed by atoms with Gasteiger partial charge in [-0.15, -0.1) is 0 Å². The minimum atomic E-state index is -4.56. The maximum Gasteiger partial charge on any atom is 0.416 e. The van der Waals surface area contributed by atoms with Crippen LogP contribution in [0.25, 0.3) is 6.08 Å². The van der Waals surface area contributed by atoms with Crippen LogP contribution in [0.1, 0.15) is 41.1 Å². The maximum absolute atomic E-state index is 14.1. The molecular formula is C33H28ClF3IN3O5. The number of ether oxygens (including phenoxy) is 1. The highest BCUT2D eigenvalue weighted by atomic mass is 127. The molecule has 0 radical (unpaired) electrons. The summed E-state index contributed by atoms with van der Waals surface area (Å²) in [5, 5.41) is 2.79. The molecule has 240 valence electrons. The minimum Gasteiger partial charge on any atom is -0.447 e. The highest BCUT2D eigenvalue weighted by Crippen LogP contribution is 2.42. The van der Waals surface area contributed by atoms with Gasteiger partial charge in [-0.1, -0.05) is 84.4 Å². The van der Waals surface area contributed by atoms with Crippen LogP contribution >= 0.6 is 34.2 Å². The molecule has 5 rings (SSSR count). The summed E-state index contributed by atoms with van der Waals surface area (Å²) in [6, 6.07) is 18.7. The molecule has 0 bridgehead atoms. The summed E-state index contributed by atoms with van der Waals surface area (Å²) in [5.74, 6) is -1.26. The molecule has 3 amide bonds. The zero-order valence-electron chi connectivity index (χ0n) is 24.1. The SMILES string of the molecule is O=C(I)CC[C@@H](C(=O)NCc1cccc(C(F)(F)F)c1)N1C(=O)[C@@H](N2C(=O)OC[C@@H]2c2ccccc2)[C@H]1/C(Cl)=C/c1ccccc1. The lowest BCUT2D eigenvalue weighted by Gasteiger charge is -2.53. The second kappa shape index (κ2) is 14.2. The molecule has 2 heterocycles. The van der Waals surface area contributed by atoms with Gasteiger partial charge in [-0.2, -0.15) is 13.2 Å². The average molecular weight is 766 g/mol. The van der Waals surface area contributed by atoms with Crippen LogP contribution in [0.3, 0.4) is 0 Å². The van der Waals surface area contributed by atoms with E-state index in [9.17, 15) is 32.3 Å². The van der Waals surface area contributed by atoms with E-state index >= 15 is 0 Å². The number of nitrogens with one attached hydrogen (secondary N) is 1. The van der Waals surface area contributed by atoms with Gasteiger partial charge >= 0.3 is 12.3 Å². The molecule has 2 saturated heterocycles. The molecule has 2 fully saturated rings. The number of amides is 3. The average Bonchev–Trinajstić information content (AvgIpc) is 3.40. The summed E-state index contributed by atoms with van der Waals surface area (Å²) in [4.78, 5) is 55.4. The van der Waals surface area contributed by atoms with Gasteiger partial charge < -0.3 is 15.0 Å². The molecule has 13 heteroatoms. The number of hydrogen-bond donors (Lipinski definition) is 1.